The van der Waals surface area contributed by atoms with Crippen LogP contribution in [0, 0.1) is 0 Å². The third kappa shape index (κ3) is 4.78. The van der Waals surface area contributed by atoms with E-state index in [9.17, 15) is 0 Å². The first-order valence-electron chi connectivity index (χ1n) is 10.8. The van der Waals surface area contributed by atoms with Gasteiger partial charge in [-0.15, -0.1) is 0 Å². The normalized spacial score (nSPS) is 21.4. The van der Waals surface area contributed by atoms with E-state index in [2.05, 4.69) is 51.9 Å². The molecule has 0 bridgehead atoms. The highest BCUT2D eigenvalue weighted by molar-refractivity contribution is 5.80. The van der Waals surface area contributed by atoms with Gasteiger partial charge in [0.15, 0.2) is 11.8 Å². The zero-order valence-electron chi connectivity index (χ0n) is 17.5. The van der Waals surface area contributed by atoms with Gasteiger partial charge in [0.2, 0.25) is 0 Å². The Morgan fingerprint density at radius 2 is 2.17 bits per heavy atom. The summed E-state index contributed by atoms with van der Waals surface area (Å²) in [5, 5.41) is 11.6. The molecule has 0 saturated carbocycles. The number of ether oxygens (including phenoxy) is 1. The van der Waals surface area contributed by atoms with Gasteiger partial charge in [0.25, 0.3) is 0 Å². The number of nitrogens with zero attached hydrogens (tertiary/aromatic N) is 4. The van der Waals surface area contributed by atoms with E-state index in [0.717, 1.165) is 50.1 Å². The summed E-state index contributed by atoms with van der Waals surface area (Å²) in [7, 11) is 1.67. The molecule has 1 aromatic heterocycles. The Morgan fingerprint density at radius 3 is 3.03 bits per heavy atom. The van der Waals surface area contributed by atoms with Crippen LogP contribution in [0.25, 0.3) is 0 Å². The number of methoxy groups -OCH3 is 1. The van der Waals surface area contributed by atoms with Crippen molar-refractivity contribution >= 4 is 5.96 Å². The average Bonchev–Trinajstić information content (AvgIpc) is 3.14. The lowest BCUT2D eigenvalue weighted by Gasteiger charge is -2.27. The van der Waals surface area contributed by atoms with Crippen LogP contribution in [0.2, 0.25) is 0 Å². The molecule has 7 heteroatoms. The van der Waals surface area contributed by atoms with Gasteiger partial charge in [0.1, 0.15) is 12.4 Å². The van der Waals surface area contributed by atoms with Crippen LogP contribution in [0.4, 0.5) is 0 Å². The van der Waals surface area contributed by atoms with Crippen LogP contribution in [0.5, 0.6) is 0 Å². The summed E-state index contributed by atoms with van der Waals surface area (Å²) in [6, 6.07) is 9.15. The maximum atomic E-state index is 5.16. The van der Waals surface area contributed by atoms with Gasteiger partial charge in [0.05, 0.1) is 6.54 Å². The highest BCUT2D eigenvalue weighted by Crippen LogP contribution is 2.31. The van der Waals surface area contributed by atoms with Crippen LogP contribution in [0.3, 0.4) is 0 Å². The van der Waals surface area contributed by atoms with Gasteiger partial charge in [-0.25, -0.2) is 9.67 Å². The Labute approximate surface area is 173 Å². The second kappa shape index (κ2) is 9.39. The predicted octanol–water partition coefficient (Wildman–Crippen LogP) is 2.41. The van der Waals surface area contributed by atoms with E-state index in [1.807, 2.05) is 4.68 Å². The fraction of sp³-hybridized carbons (Fsp3) is 0.591. The Balaban J connectivity index is 1.40. The van der Waals surface area contributed by atoms with E-state index in [4.69, 9.17) is 9.73 Å². The molecule has 1 aliphatic carbocycles. The van der Waals surface area contributed by atoms with Crippen molar-refractivity contribution in [3.05, 3.63) is 47.0 Å². The molecule has 0 spiro atoms. The number of nitrogens with one attached hydrogen (secondary N) is 2. The summed E-state index contributed by atoms with van der Waals surface area (Å²) in [4.78, 5) is 9.51. The van der Waals surface area contributed by atoms with E-state index in [-0.39, 0.29) is 0 Å². The van der Waals surface area contributed by atoms with Crippen molar-refractivity contribution in [3.8, 4) is 0 Å². The number of fused-ring (bicyclic) bond motifs is 2. The maximum absolute atomic E-state index is 5.16. The Morgan fingerprint density at radius 1 is 1.28 bits per heavy atom. The number of aromatic nitrogens is 3. The quantitative estimate of drug-likeness (QED) is 0.579. The van der Waals surface area contributed by atoms with E-state index in [1.165, 1.54) is 30.4 Å². The molecule has 2 unspecified atom stereocenters. The molecule has 2 heterocycles. The number of guanidine groups is 1. The summed E-state index contributed by atoms with van der Waals surface area (Å²) >= 11 is 0. The van der Waals surface area contributed by atoms with Crippen molar-refractivity contribution in [2.24, 2.45) is 4.99 Å². The molecule has 2 atom stereocenters. The number of hydrogen-bond donors (Lipinski definition) is 2. The molecule has 0 saturated heterocycles. The van der Waals surface area contributed by atoms with Crippen molar-refractivity contribution < 1.29 is 4.74 Å². The van der Waals surface area contributed by atoms with Crippen LogP contribution >= 0.6 is 0 Å². The largest absolute Gasteiger partial charge is 0.377 e. The molecule has 2 N–H and O–H groups in total. The van der Waals surface area contributed by atoms with Crippen LogP contribution in [-0.4, -0.2) is 47.0 Å². The highest BCUT2D eigenvalue weighted by atomic mass is 16.5. The van der Waals surface area contributed by atoms with Gasteiger partial charge in [-0.2, -0.15) is 5.10 Å². The molecule has 29 heavy (non-hydrogen) atoms. The minimum Gasteiger partial charge on any atom is -0.377 e. The Bertz CT molecular complexity index is 846. The average molecular weight is 397 g/mol. The first kappa shape index (κ1) is 19.9. The monoisotopic (exact) mass is 396 g/mol. The summed E-state index contributed by atoms with van der Waals surface area (Å²) in [6.45, 7) is 5.06. The zero-order chi connectivity index (χ0) is 20.1. The van der Waals surface area contributed by atoms with Crippen molar-refractivity contribution in [1.82, 2.24) is 25.4 Å². The smallest absolute Gasteiger partial charge is 0.191 e. The van der Waals surface area contributed by atoms with Crippen LogP contribution in [-0.2, 0) is 30.7 Å². The SMILES string of the molecule is CCNC(=NCC1CCCc2ccccc21)NC1CCc2nc(COC)nn2C1. The fourth-order valence-corrected chi connectivity index (χ4v) is 4.43. The molecule has 1 aliphatic heterocycles. The molecule has 0 radical (unpaired) electrons. The van der Waals surface area contributed by atoms with Crippen LogP contribution < -0.4 is 10.6 Å². The van der Waals surface area contributed by atoms with Crippen molar-refractivity contribution in [2.75, 3.05) is 20.2 Å². The van der Waals surface area contributed by atoms with Gasteiger partial charge in [-0.3, -0.25) is 4.99 Å². The van der Waals surface area contributed by atoms with Gasteiger partial charge in [-0.1, -0.05) is 24.3 Å². The van der Waals surface area contributed by atoms with E-state index < -0.39 is 0 Å². The summed E-state index contributed by atoms with van der Waals surface area (Å²) < 4.78 is 7.17. The molecule has 0 fully saturated rings. The third-order valence-electron chi connectivity index (χ3n) is 5.82. The number of rotatable bonds is 6. The molecular weight excluding hydrogens is 364 g/mol. The number of benzene rings is 1. The maximum Gasteiger partial charge on any atom is 0.191 e. The minimum absolute atomic E-state index is 0.302. The van der Waals surface area contributed by atoms with E-state index in [0.29, 0.717) is 18.6 Å². The first-order chi connectivity index (χ1) is 14.3. The predicted molar refractivity (Wildman–Crippen MR) is 114 cm³/mol. The summed E-state index contributed by atoms with van der Waals surface area (Å²) in [6.07, 6.45) is 5.62. The first-order valence-corrected chi connectivity index (χ1v) is 10.8. The van der Waals surface area contributed by atoms with Crippen LogP contribution in [0.1, 0.15) is 54.9 Å². The fourth-order valence-electron chi connectivity index (χ4n) is 4.43. The molecule has 156 valence electrons. The molecule has 2 aliphatic rings. The summed E-state index contributed by atoms with van der Waals surface area (Å²) in [5.41, 5.74) is 2.98. The molecular formula is C22H32N6O. The zero-order valence-corrected chi connectivity index (χ0v) is 17.5. The van der Waals surface area contributed by atoms with Gasteiger partial charge >= 0.3 is 0 Å². The highest BCUT2D eigenvalue weighted by Gasteiger charge is 2.23. The van der Waals surface area contributed by atoms with Crippen molar-refractivity contribution in [3.63, 3.8) is 0 Å². The summed E-state index contributed by atoms with van der Waals surface area (Å²) in [5.74, 6) is 3.23. The topological polar surface area (TPSA) is 76.4 Å². The van der Waals surface area contributed by atoms with Crippen LogP contribution in [0.15, 0.2) is 29.3 Å². The lowest BCUT2D eigenvalue weighted by molar-refractivity contribution is 0.177. The standard InChI is InChI=1S/C22H32N6O/c1-3-23-22(24-13-17-9-6-8-16-7-4-5-10-19(16)17)25-18-11-12-21-26-20(15-29-2)27-28(21)14-18/h4-5,7,10,17-18H,3,6,8-9,11-15H2,1-2H3,(H2,23,24,25). The lowest BCUT2D eigenvalue weighted by Crippen LogP contribution is -2.47. The molecule has 1 aromatic carbocycles. The third-order valence-corrected chi connectivity index (χ3v) is 5.82. The Kier molecular flexibility index (Phi) is 6.44. The molecule has 4 rings (SSSR count). The second-order valence-electron chi connectivity index (χ2n) is 7.95. The molecule has 2 aromatic rings. The van der Waals surface area contributed by atoms with Crippen molar-refractivity contribution in [2.45, 2.75) is 64.1 Å². The van der Waals surface area contributed by atoms with Gasteiger partial charge in [0, 0.05) is 38.6 Å². The second-order valence-corrected chi connectivity index (χ2v) is 7.95. The van der Waals surface area contributed by atoms with Gasteiger partial charge < -0.3 is 15.4 Å². The number of aliphatic imine (C=N–C) groups is 1. The van der Waals surface area contributed by atoms with E-state index >= 15 is 0 Å². The lowest BCUT2D eigenvalue weighted by atomic mass is 9.83. The Hall–Kier alpha value is -2.41. The molecule has 7 nitrogen and oxygen atoms in total. The number of hydrogen-bond acceptors (Lipinski definition) is 4. The molecule has 0 amide bonds. The van der Waals surface area contributed by atoms with E-state index in [1.54, 1.807) is 7.11 Å². The minimum atomic E-state index is 0.302. The number of aryl methyl sites for hydroxylation is 2. The van der Waals surface area contributed by atoms with Gasteiger partial charge in [-0.05, 0) is 43.7 Å². The van der Waals surface area contributed by atoms with Crippen molar-refractivity contribution in [1.29, 1.82) is 0 Å².